The van der Waals surface area contributed by atoms with Crippen LogP contribution in [0.1, 0.15) is 41.0 Å². The fraction of sp³-hybridized carbons (Fsp3) is 0.524. The first-order chi connectivity index (χ1) is 13.6. The van der Waals surface area contributed by atoms with Crippen molar-refractivity contribution >= 4 is 17.2 Å². The molecule has 2 aliphatic heterocycles. The van der Waals surface area contributed by atoms with Gasteiger partial charge in [-0.2, -0.15) is 0 Å². The molecule has 1 amide bonds. The van der Waals surface area contributed by atoms with Gasteiger partial charge in [0, 0.05) is 24.7 Å². The zero-order valence-corrected chi connectivity index (χ0v) is 17.2. The van der Waals surface area contributed by atoms with E-state index in [1.165, 1.54) is 50.4 Å². The van der Waals surface area contributed by atoms with Gasteiger partial charge >= 0.3 is 0 Å². The topological polar surface area (TPSA) is 45.7 Å². The van der Waals surface area contributed by atoms with Crippen LogP contribution in [0.25, 0.3) is 10.6 Å². The molecule has 28 heavy (non-hydrogen) atoms. The predicted molar refractivity (Wildman–Crippen MR) is 109 cm³/mol. The first-order valence-electron chi connectivity index (χ1n) is 9.91. The highest BCUT2D eigenvalue weighted by Crippen LogP contribution is 2.32. The van der Waals surface area contributed by atoms with Crippen molar-refractivity contribution in [1.82, 2.24) is 14.8 Å². The third kappa shape index (κ3) is 3.78. The highest BCUT2D eigenvalue weighted by molar-refractivity contribution is 7.17. The molecule has 0 bridgehead atoms. The van der Waals surface area contributed by atoms with Crippen molar-refractivity contribution in [2.24, 2.45) is 0 Å². The van der Waals surface area contributed by atoms with Crippen molar-refractivity contribution in [3.05, 3.63) is 34.6 Å². The number of hydrogen-bond donors (Lipinski definition) is 0. The molecule has 0 radical (unpaired) electrons. The maximum absolute atomic E-state index is 14.0. The lowest BCUT2D eigenvalue weighted by atomic mass is 10.0. The molecule has 2 aliphatic rings. The first kappa shape index (κ1) is 19.3. The quantitative estimate of drug-likeness (QED) is 0.775. The van der Waals surface area contributed by atoms with Crippen LogP contribution in [0.4, 0.5) is 4.39 Å². The van der Waals surface area contributed by atoms with E-state index in [9.17, 15) is 9.18 Å². The van der Waals surface area contributed by atoms with E-state index in [-0.39, 0.29) is 11.7 Å². The van der Waals surface area contributed by atoms with Crippen molar-refractivity contribution in [3.63, 3.8) is 0 Å². The fourth-order valence-electron chi connectivity index (χ4n) is 4.20. The van der Waals surface area contributed by atoms with E-state index in [1.807, 2.05) is 11.8 Å². The van der Waals surface area contributed by atoms with Gasteiger partial charge in [-0.25, -0.2) is 9.37 Å². The van der Waals surface area contributed by atoms with E-state index in [1.54, 1.807) is 12.1 Å². The Balaban J connectivity index is 1.46. The molecule has 5 nitrogen and oxygen atoms in total. The van der Waals surface area contributed by atoms with Crippen LogP contribution >= 0.6 is 11.3 Å². The molecule has 3 heterocycles. The largest absolute Gasteiger partial charge is 0.494 e. The number of thiazole rings is 1. The summed E-state index contributed by atoms with van der Waals surface area (Å²) in [6, 6.07) is 5.39. The Morgan fingerprint density at radius 3 is 2.57 bits per heavy atom. The molecule has 2 fully saturated rings. The highest BCUT2D eigenvalue weighted by Gasteiger charge is 2.30. The van der Waals surface area contributed by atoms with Crippen LogP contribution < -0.4 is 4.74 Å². The van der Waals surface area contributed by atoms with E-state index < -0.39 is 5.82 Å². The predicted octanol–water partition coefficient (Wildman–Crippen LogP) is 3.97. The molecule has 0 saturated carbocycles. The van der Waals surface area contributed by atoms with Gasteiger partial charge in [0.05, 0.1) is 12.8 Å². The second-order valence-corrected chi connectivity index (χ2v) is 8.55. The Morgan fingerprint density at radius 2 is 1.93 bits per heavy atom. The number of amides is 1. The van der Waals surface area contributed by atoms with Crippen LogP contribution in [0.3, 0.4) is 0 Å². The normalized spacial score (nSPS) is 18.6. The van der Waals surface area contributed by atoms with Crippen molar-refractivity contribution < 1.29 is 13.9 Å². The average molecular weight is 404 g/mol. The fourth-order valence-corrected chi connectivity index (χ4v) is 5.23. The van der Waals surface area contributed by atoms with Gasteiger partial charge in [-0.3, -0.25) is 4.79 Å². The summed E-state index contributed by atoms with van der Waals surface area (Å²) in [4.78, 5) is 22.8. The first-order valence-corrected chi connectivity index (χ1v) is 10.7. The van der Waals surface area contributed by atoms with Crippen LogP contribution in [0.5, 0.6) is 5.75 Å². The molecule has 0 atom stereocenters. The molecule has 0 spiro atoms. The van der Waals surface area contributed by atoms with Gasteiger partial charge in [-0.1, -0.05) is 0 Å². The van der Waals surface area contributed by atoms with Crippen molar-refractivity contribution in [1.29, 1.82) is 0 Å². The van der Waals surface area contributed by atoms with Gasteiger partial charge in [0.1, 0.15) is 9.88 Å². The second-order valence-electron chi connectivity index (χ2n) is 7.55. The zero-order valence-electron chi connectivity index (χ0n) is 16.4. The number of methoxy groups -OCH3 is 1. The second kappa shape index (κ2) is 8.17. The Morgan fingerprint density at radius 1 is 1.21 bits per heavy atom. The molecule has 7 heteroatoms. The lowest BCUT2D eigenvalue weighted by Gasteiger charge is -2.36. The molecule has 0 aliphatic carbocycles. The maximum atomic E-state index is 14.0. The lowest BCUT2D eigenvalue weighted by Crippen LogP contribution is -2.45. The number of nitrogens with zero attached hydrogens (tertiary/aromatic N) is 3. The molecule has 150 valence electrons. The van der Waals surface area contributed by atoms with Gasteiger partial charge in [-0.15, -0.1) is 11.3 Å². The number of ether oxygens (including phenoxy) is 1. The molecule has 1 aromatic heterocycles. The Hall–Kier alpha value is -1.99. The van der Waals surface area contributed by atoms with Gasteiger partial charge < -0.3 is 14.5 Å². The number of hydrogen-bond acceptors (Lipinski definition) is 5. The maximum Gasteiger partial charge on any atom is 0.265 e. The number of aromatic nitrogens is 1. The van der Waals surface area contributed by atoms with E-state index in [2.05, 4.69) is 9.88 Å². The lowest BCUT2D eigenvalue weighted by molar-refractivity contribution is 0.0648. The summed E-state index contributed by atoms with van der Waals surface area (Å²) in [7, 11) is 1.44. The number of rotatable bonds is 4. The molecule has 0 N–H and O–H groups in total. The van der Waals surface area contributed by atoms with Gasteiger partial charge in [-0.05, 0) is 63.9 Å². The smallest absolute Gasteiger partial charge is 0.265 e. The Bertz CT molecular complexity index is 855. The van der Waals surface area contributed by atoms with Crippen molar-refractivity contribution in [3.8, 4) is 16.3 Å². The molecule has 0 unspecified atom stereocenters. The SMILES string of the molecule is COc1ccc(-c2nc(C)c(C(=O)N3CCC(N4CCCC4)CC3)s2)cc1F. The third-order valence-corrected chi connectivity index (χ3v) is 6.99. The van der Waals surface area contributed by atoms with Gasteiger partial charge in [0.15, 0.2) is 11.6 Å². The van der Waals surface area contributed by atoms with E-state index in [0.717, 1.165) is 25.9 Å². The summed E-state index contributed by atoms with van der Waals surface area (Å²) >= 11 is 1.34. The summed E-state index contributed by atoms with van der Waals surface area (Å²) in [6.45, 7) is 5.85. The summed E-state index contributed by atoms with van der Waals surface area (Å²) in [6.07, 6.45) is 4.68. The van der Waals surface area contributed by atoms with Crippen molar-refractivity contribution in [2.45, 2.75) is 38.6 Å². The van der Waals surface area contributed by atoms with E-state index >= 15 is 0 Å². The number of benzene rings is 1. The molecular weight excluding hydrogens is 377 g/mol. The van der Waals surface area contributed by atoms with Crippen LogP contribution in [0, 0.1) is 12.7 Å². The molecular formula is C21H26FN3O2S. The molecule has 2 aromatic rings. The standard InChI is InChI=1S/C21H26FN3O2S/c1-14-19(28-20(23-14)15-5-6-18(27-2)17(22)13-15)21(26)25-11-7-16(8-12-25)24-9-3-4-10-24/h5-6,13,16H,3-4,7-12H2,1-2H3. The molecule has 2 saturated heterocycles. The summed E-state index contributed by atoms with van der Waals surface area (Å²) in [5, 5.41) is 0.661. The molecule has 1 aromatic carbocycles. The minimum absolute atomic E-state index is 0.0510. The van der Waals surface area contributed by atoms with Crippen LogP contribution in [-0.2, 0) is 0 Å². The summed E-state index contributed by atoms with van der Waals surface area (Å²) < 4.78 is 19.0. The zero-order chi connectivity index (χ0) is 19.7. The monoisotopic (exact) mass is 403 g/mol. The Labute approximate surface area is 169 Å². The van der Waals surface area contributed by atoms with E-state index in [4.69, 9.17) is 4.74 Å². The summed E-state index contributed by atoms with van der Waals surface area (Å²) in [5.41, 5.74) is 1.38. The van der Waals surface area contributed by atoms with Gasteiger partial charge in [0.25, 0.3) is 5.91 Å². The van der Waals surface area contributed by atoms with Crippen LogP contribution in [0.15, 0.2) is 18.2 Å². The number of carbonyl (C=O) groups excluding carboxylic acids is 1. The minimum atomic E-state index is -0.426. The number of likely N-dealkylation sites (tertiary alicyclic amines) is 2. The number of halogens is 1. The van der Waals surface area contributed by atoms with Gasteiger partial charge in [0.2, 0.25) is 0 Å². The molecule has 4 rings (SSSR count). The number of aryl methyl sites for hydroxylation is 1. The minimum Gasteiger partial charge on any atom is -0.494 e. The van der Waals surface area contributed by atoms with Crippen molar-refractivity contribution in [2.75, 3.05) is 33.3 Å². The summed E-state index contributed by atoms with van der Waals surface area (Å²) in [5.74, 6) is -0.172. The van der Waals surface area contributed by atoms with Crippen LogP contribution in [-0.4, -0.2) is 60.0 Å². The Kier molecular flexibility index (Phi) is 5.64. The third-order valence-electron chi connectivity index (χ3n) is 5.80. The number of carbonyl (C=O) groups is 1. The van der Waals surface area contributed by atoms with Crippen LogP contribution in [0.2, 0.25) is 0 Å². The van der Waals surface area contributed by atoms with E-state index in [0.29, 0.717) is 27.2 Å². The average Bonchev–Trinajstić information content (AvgIpc) is 3.37. The number of piperidine rings is 1. The highest BCUT2D eigenvalue weighted by atomic mass is 32.1.